The van der Waals surface area contributed by atoms with Crippen LogP contribution in [0.1, 0.15) is 22.5 Å². The second-order valence-electron chi connectivity index (χ2n) is 11.2. The number of carboxylic acid groups (broad SMARTS) is 2. The molecule has 4 N–H and O–H groups in total. The molecule has 18 heteroatoms. The number of methoxy groups -OCH3 is 1. The number of nitrogens with zero attached hydrogens (tertiary/aromatic N) is 4. The molecule has 0 atom stereocenters. The Morgan fingerprint density at radius 3 is 2.12 bits per heavy atom. The minimum atomic E-state index is -5.08. The summed E-state index contributed by atoms with van der Waals surface area (Å²) in [4.78, 5) is 41.7. The molecule has 1 aliphatic rings. The van der Waals surface area contributed by atoms with Crippen LogP contribution in [0.25, 0.3) is 22.0 Å². The van der Waals surface area contributed by atoms with Gasteiger partial charge in [-0.3, -0.25) is 9.89 Å². The molecule has 3 heterocycles. The number of hydrogen-bond donors (Lipinski definition) is 4. The van der Waals surface area contributed by atoms with E-state index in [0.717, 1.165) is 72.5 Å². The van der Waals surface area contributed by atoms with E-state index in [9.17, 15) is 31.1 Å². The van der Waals surface area contributed by atoms with Gasteiger partial charge in [-0.2, -0.15) is 31.4 Å². The Balaban J connectivity index is 0.000000408. The maximum Gasteiger partial charge on any atom is 0.490 e. The molecule has 5 rings (SSSR count). The number of benzene rings is 2. The van der Waals surface area contributed by atoms with Gasteiger partial charge in [-0.15, -0.1) is 0 Å². The lowest BCUT2D eigenvalue weighted by molar-refractivity contribution is -0.193. The monoisotopic (exact) mass is 714 g/mol. The molecule has 0 unspecified atom stereocenters. The first-order valence-corrected chi connectivity index (χ1v) is 15.0. The number of rotatable bonds is 9. The van der Waals surface area contributed by atoms with Crippen molar-refractivity contribution in [3.63, 3.8) is 0 Å². The van der Waals surface area contributed by atoms with Gasteiger partial charge in [0.15, 0.2) is 0 Å². The summed E-state index contributed by atoms with van der Waals surface area (Å²) in [6, 6.07) is 16.1. The molecule has 0 spiro atoms. The van der Waals surface area contributed by atoms with Crippen molar-refractivity contribution in [2.75, 3.05) is 53.4 Å². The van der Waals surface area contributed by atoms with Crippen LogP contribution < -0.4 is 4.74 Å². The van der Waals surface area contributed by atoms with Gasteiger partial charge in [-0.1, -0.05) is 24.3 Å². The Morgan fingerprint density at radius 2 is 1.56 bits per heavy atom. The summed E-state index contributed by atoms with van der Waals surface area (Å²) < 4.78 is 68.9. The molecule has 4 aromatic rings. The number of carbonyl (C=O) groups is 3. The largest absolute Gasteiger partial charge is 0.497 e. The lowest BCUT2D eigenvalue weighted by atomic mass is 10.1. The normalized spacial score (nSPS) is 13.8. The summed E-state index contributed by atoms with van der Waals surface area (Å²) in [6.45, 7) is 6.59. The summed E-state index contributed by atoms with van der Waals surface area (Å²) in [6.07, 6.45) is -5.57. The highest BCUT2D eigenvalue weighted by molar-refractivity contribution is 5.98. The Bertz CT molecular complexity index is 1680. The summed E-state index contributed by atoms with van der Waals surface area (Å²) >= 11 is 0. The summed E-state index contributed by atoms with van der Waals surface area (Å²) in [5.41, 5.74) is 4.67. The maximum atomic E-state index is 13.7. The number of halogens is 6. The maximum absolute atomic E-state index is 13.7. The summed E-state index contributed by atoms with van der Waals surface area (Å²) in [5.74, 6) is -4.70. The molecule has 1 aliphatic heterocycles. The SMILES string of the molecule is COc1cccc(CN(CCCN2CCN(C)CC2)C(=O)c2cc3ccc(-c4cn[nH]c4)cc3[nH]2)c1.O=C(O)C(F)(F)F.O=C(O)C(F)(F)F. The van der Waals surface area contributed by atoms with E-state index in [1.54, 1.807) is 13.3 Å². The minimum Gasteiger partial charge on any atom is -0.497 e. The number of nitrogens with one attached hydrogen (secondary N) is 2. The number of likely N-dealkylation sites (N-methyl/N-ethyl adjacent to an activating group) is 1. The van der Waals surface area contributed by atoms with Crippen LogP contribution in [0.2, 0.25) is 0 Å². The number of aliphatic carboxylic acids is 2. The molecule has 2 aromatic heterocycles. The molecule has 2 aromatic carbocycles. The second-order valence-corrected chi connectivity index (χ2v) is 11.2. The number of aromatic amines is 2. The molecular formula is C32H36F6N6O6. The smallest absolute Gasteiger partial charge is 0.490 e. The van der Waals surface area contributed by atoms with Gasteiger partial charge in [0.25, 0.3) is 5.91 Å². The van der Waals surface area contributed by atoms with Crippen molar-refractivity contribution >= 4 is 28.7 Å². The van der Waals surface area contributed by atoms with Crippen LogP contribution in [0.15, 0.2) is 60.9 Å². The fourth-order valence-electron chi connectivity index (χ4n) is 4.80. The number of amides is 1. The molecule has 0 radical (unpaired) electrons. The molecule has 1 amide bonds. The Labute approximate surface area is 282 Å². The van der Waals surface area contributed by atoms with E-state index in [1.807, 2.05) is 47.5 Å². The molecule has 1 fully saturated rings. The van der Waals surface area contributed by atoms with Gasteiger partial charge in [-0.05, 0) is 55.4 Å². The number of carbonyl (C=O) groups excluding carboxylic acids is 1. The van der Waals surface area contributed by atoms with Crippen LogP contribution in [0, 0.1) is 0 Å². The zero-order valence-electron chi connectivity index (χ0n) is 27.0. The highest BCUT2D eigenvalue weighted by Crippen LogP contribution is 2.25. The van der Waals surface area contributed by atoms with E-state index < -0.39 is 24.3 Å². The van der Waals surface area contributed by atoms with Crippen LogP contribution in [0.3, 0.4) is 0 Å². The van der Waals surface area contributed by atoms with Gasteiger partial charge < -0.3 is 34.6 Å². The van der Waals surface area contributed by atoms with Crippen molar-refractivity contribution in [1.82, 2.24) is 29.9 Å². The van der Waals surface area contributed by atoms with Crippen molar-refractivity contribution in [2.45, 2.75) is 25.3 Å². The summed E-state index contributed by atoms with van der Waals surface area (Å²) in [7, 11) is 3.84. The fraction of sp³-hybridized carbons (Fsp3) is 0.375. The van der Waals surface area contributed by atoms with Gasteiger partial charge in [0.05, 0.1) is 13.3 Å². The Morgan fingerprint density at radius 1 is 0.920 bits per heavy atom. The lowest BCUT2D eigenvalue weighted by Gasteiger charge is -2.33. The zero-order valence-corrected chi connectivity index (χ0v) is 27.0. The van der Waals surface area contributed by atoms with E-state index in [-0.39, 0.29) is 5.91 Å². The standard InChI is InChI=1S/C28H34N6O2.2C2HF3O2/c1-32-11-13-33(14-12-32)9-4-10-34(20-21-5-3-6-25(15-21)36-2)28(35)27-17-23-8-7-22(16-26(23)31-27)24-18-29-30-19-24;2*3-2(4,5)1(6)7/h3,5-8,15-19,31H,4,9-14,20H2,1-2H3,(H,29,30);2*(H,6,7). The number of piperazine rings is 1. The van der Waals surface area contributed by atoms with E-state index in [2.05, 4.69) is 44.2 Å². The first-order chi connectivity index (χ1) is 23.5. The number of ether oxygens (including phenoxy) is 1. The fourth-order valence-corrected chi connectivity index (χ4v) is 4.80. The highest BCUT2D eigenvalue weighted by Gasteiger charge is 2.38. The average molecular weight is 715 g/mol. The molecule has 1 saturated heterocycles. The molecule has 12 nitrogen and oxygen atoms in total. The molecule has 0 aliphatic carbocycles. The Kier molecular flexibility index (Phi) is 13.8. The van der Waals surface area contributed by atoms with Crippen LogP contribution in [0.4, 0.5) is 26.3 Å². The van der Waals surface area contributed by atoms with Gasteiger partial charge >= 0.3 is 24.3 Å². The number of carboxylic acids is 2. The second kappa shape index (κ2) is 17.5. The highest BCUT2D eigenvalue weighted by atomic mass is 19.4. The lowest BCUT2D eigenvalue weighted by Crippen LogP contribution is -2.45. The minimum absolute atomic E-state index is 0.0114. The van der Waals surface area contributed by atoms with Crippen LogP contribution in [0.5, 0.6) is 5.75 Å². The van der Waals surface area contributed by atoms with Gasteiger partial charge in [0, 0.05) is 61.9 Å². The predicted molar refractivity (Wildman–Crippen MR) is 170 cm³/mol. The number of aromatic nitrogens is 3. The molecule has 272 valence electrons. The van der Waals surface area contributed by atoms with E-state index in [0.29, 0.717) is 18.8 Å². The third-order valence-corrected chi connectivity index (χ3v) is 7.46. The zero-order chi connectivity index (χ0) is 37.1. The number of H-pyrrole nitrogens is 2. The quantitative estimate of drug-likeness (QED) is 0.173. The third kappa shape index (κ3) is 12.1. The van der Waals surface area contributed by atoms with Crippen LogP contribution in [-0.4, -0.2) is 124 Å². The molecule has 0 saturated carbocycles. The van der Waals surface area contributed by atoms with E-state index >= 15 is 0 Å². The van der Waals surface area contributed by atoms with E-state index in [4.69, 9.17) is 24.5 Å². The molecular weight excluding hydrogens is 678 g/mol. The topological polar surface area (TPSA) is 155 Å². The van der Waals surface area contributed by atoms with Gasteiger partial charge in [0.2, 0.25) is 0 Å². The van der Waals surface area contributed by atoms with Crippen molar-refractivity contribution in [3.05, 3.63) is 72.2 Å². The first kappa shape index (κ1) is 39.3. The van der Waals surface area contributed by atoms with Crippen molar-refractivity contribution in [2.24, 2.45) is 0 Å². The number of fused-ring (bicyclic) bond motifs is 1. The van der Waals surface area contributed by atoms with Crippen LogP contribution in [-0.2, 0) is 16.1 Å². The average Bonchev–Trinajstić information content (AvgIpc) is 3.75. The van der Waals surface area contributed by atoms with Crippen molar-refractivity contribution in [1.29, 1.82) is 0 Å². The predicted octanol–water partition coefficient (Wildman–Crippen LogP) is 5.11. The van der Waals surface area contributed by atoms with Crippen molar-refractivity contribution in [3.8, 4) is 16.9 Å². The third-order valence-electron chi connectivity index (χ3n) is 7.46. The summed E-state index contributed by atoms with van der Waals surface area (Å²) in [5, 5.41) is 22.2. The van der Waals surface area contributed by atoms with E-state index in [1.165, 1.54) is 0 Å². The first-order valence-electron chi connectivity index (χ1n) is 15.0. The number of hydrogen-bond acceptors (Lipinski definition) is 7. The molecule has 50 heavy (non-hydrogen) atoms. The van der Waals surface area contributed by atoms with Gasteiger partial charge in [-0.25, -0.2) is 9.59 Å². The van der Waals surface area contributed by atoms with Crippen molar-refractivity contribution < 1.29 is 55.7 Å². The number of alkyl halides is 6. The Hall–Kier alpha value is -5.10. The van der Waals surface area contributed by atoms with Crippen LogP contribution >= 0.6 is 0 Å². The molecule has 0 bridgehead atoms. The van der Waals surface area contributed by atoms with Gasteiger partial charge in [0.1, 0.15) is 11.4 Å².